The predicted molar refractivity (Wildman–Crippen MR) is 86.0 cm³/mol. The number of rotatable bonds is 5. The third-order valence-electron chi connectivity index (χ3n) is 3.49. The molecule has 1 aromatic rings. The van der Waals surface area contributed by atoms with E-state index in [1.54, 1.807) is 30.0 Å². The maximum Gasteiger partial charge on any atom is 0.311 e. The summed E-state index contributed by atoms with van der Waals surface area (Å²) in [6.45, 7) is 0. The third-order valence-corrected chi connectivity index (χ3v) is 5.23. The topological polar surface area (TPSA) is 75.6 Å². The molecular weight excluding hydrogens is 358 g/mol. The summed E-state index contributed by atoms with van der Waals surface area (Å²) in [6.07, 6.45) is 0.501. The normalized spacial score (nSPS) is 21.0. The van der Waals surface area contributed by atoms with Crippen LogP contribution in [0, 0.1) is 5.41 Å². The van der Waals surface area contributed by atoms with E-state index in [1.807, 2.05) is 0 Å². The van der Waals surface area contributed by atoms with Crippen LogP contribution >= 0.6 is 27.7 Å². The van der Waals surface area contributed by atoms with Gasteiger partial charge in [0.2, 0.25) is 5.91 Å². The maximum absolute atomic E-state index is 12.2. The van der Waals surface area contributed by atoms with Gasteiger partial charge in [0.05, 0.1) is 18.2 Å². The molecule has 0 aromatic heterocycles. The van der Waals surface area contributed by atoms with Gasteiger partial charge in [-0.3, -0.25) is 9.59 Å². The van der Waals surface area contributed by atoms with E-state index in [1.165, 1.54) is 7.11 Å². The van der Waals surface area contributed by atoms with Crippen molar-refractivity contribution < 1.29 is 19.4 Å². The van der Waals surface area contributed by atoms with Crippen LogP contribution < -0.4 is 10.1 Å². The highest BCUT2D eigenvalue weighted by molar-refractivity contribution is 9.10. The van der Waals surface area contributed by atoms with Gasteiger partial charge in [0, 0.05) is 16.6 Å². The number of amides is 1. The molecule has 0 unspecified atom stereocenters. The number of nitrogens with one attached hydrogen (secondary N) is 1. The highest BCUT2D eigenvalue weighted by Crippen LogP contribution is 2.40. The van der Waals surface area contributed by atoms with Gasteiger partial charge in [-0.25, -0.2) is 0 Å². The van der Waals surface area contributed by atoms with Gasteiger partial charge in [-0.2, -0.15) is 11.8 Å². The molecule has 5 nitrogen and oxygen atoms in total. The Labute approximate surface area is 135 Å². The molecule has 21 heavy (non-hydrogen) atoms. The Balaban J connectivity index is 2.11. The van der Waals surface area contributed by atoms with Crippen LogP contribution in [0.4, 0.5) is 5.69 Å². The van der Waals surface area contributed by atoms with E-state index in [9.17, 15) is 14.7 Å². The first-order valence-electron chi connectivity index (χ1n) is 6.41. The average molecular weight is 374 g/mol. The maximum atomic E-state index is 12.2. The number of hydrogen-bond acceptors (Lipinski definition) is 4. The molecule has 1 atom stereocenters. The number of carboxylic acid groups (broad SMARTS) is 1. The summed E-state index contributed by atoms with van der Waals surface area (Å²) >= 11 is 4.91. The quantitative estimate of drug-likeness (QED) is 0.829. The summed E-state index contributed by atoms with van der Waals surface area (Å²) in [5, 5.41) is 12.1. The molecule has 2 rings (SSSR count). The van der Waals surface area contributed by atoms with Crippen LogP contribution in [0.5, 0.6) is 5.75 Å². The van der Waals surface area contributed by atoms with Crippen molar-refractivity contribution in [1.29, 1.82) is 0 Å². The van der Waals surface area contributed by atoms with Gasteiger partial charge >= 0.3 is 5.97 Å². The van der Waals surface area contributed by atoms with Gasteiger partial charge in [0.15, 0.2) is 0 Å². The molecule has 1 fully saturated rings. The summed E-state index contributed by atoms with van der Waals surface area (Å²) in [5.74, 6) is 0.586. The van der Waals surface area contributed by atoms with Crippen molar-refractivity contribution >= 4 is 45.3 Å². The Hall–Kier alpha value is -1.21. The highest BCUT2D eigenvalue weighted by Gasteiger charge is 2.43. The van der Waals surface area contributed by atoms with Gasteiger partial charge in [-0.05, 0) is 30.4 Å². The Bertz CT molecular complexity index is 558. The number of hydrogen-bond donors (Lipinski definition) is 2. The van der Waals surface area contributed by atoms with Crippen LogP contribution in [0.3, 0.4) is 0 Å². The van der Waals surface area contributed by atoms with E-state index in [0.29, 0.717) is 23.6 Å². The van der Waals surface area contributed by atoms with Crippen molar-refractivity contribution in [2.24, 2.45) is 5.41 Å². The van der Waals surface area contributed by atoms with Gasteiger partial charge in [-0.15, -0.1) is 0 Å². The Morgan fingerprint density at radius 2 is 2.29 bits per heavy atom. The number of carboxylic acids is 1. The van der Waals surface area contributed by atoms with Gasteiger partial charge in [-0.1, -0.05) is 15.9 Å². The number of anilines is 1. The first kappa shape index (κ1) is 16.2. The van der Waals surface area contributed by atoms with E-state index in [2.05, 4.69) is 21.2 Å². The van der Waals surface area contributed by atoms with Crippen LogP contribution in [0.2, 0.25) is 0 Å². The minimum atomic E-state index is -0.950. The molecular formula is C14H16BrNO4S. The molecule has 1 aliphatic rings. The number of carbonyl (C=O) groups excluding carboxylic acids is 1. The van der Waals surface area contributed by atoms with Crippen LogP contribution in [0.15, 0.2) is 22.7 Å². The van der Waals surface area contributed by atoms with E-state index < -0.39 is 11.4 Å². The zero-order valence-corrected chi connectivity index (χ0v) is 13.9. The predicted octanol–water partition coefficient (Wildman–Crippen LogP) is 2.99. The molecule has 1 aliphatic heterocycles. The zero-order chi connectivity index (χ0) is 15.5. The first-order chi connectivity index (χ1) is 9.97. The number of halogens is 1. The van der Waals surface area contributed by atoms with Gasteiger partial charge in [0.25, 0.3) is 0 Å². The minimum Gasteiger partial charge on any atom is -0.495 e. The van der Waals surface area contributed by atoms with Crippen molar-refractivity contribution in [3.63, 3.8) is 0 Å². The molecule has 1 heterocycles. The van der Waals surface area contributed by atoms with Crippen molar-refractivity contribution in [3.8, 4) is 5.75 Å². The summed E-state index contributed by atoms with van der Waals surface area (Å²) in [6, 6.07) is 5.27. The number of carbonyl (C=O) groups is 2. The summed E-state index contributed by atoms with van der Waals surface area (Å²) < 4.78 is 6.00. The summed E-state index contributed by atoms with van der Waals surface area (Å²) in [4.78, 5) is 23.7. The minimum absolute atomic E-state index is 0.0228. The number of benzene rings is 1. The second kappa shape index (κ2) is 6.70. The third kappa shape index (κ3) is 3.71. The number of methoxy groups -OCH3 is 1. The van der Waals surface area contributed by atoms with Crippen LogP contribution in [0.25, 0.3) is 0 Å². The van der Waals surface area contributed by atoms with Crippen LogP contribution in [-0.2, 0) is 9.59 Å². The van der Waals surface area contributed by atoms with E-state index in [-0.39, 0.29) is 12.3 Å². The van der Waals surface area contributed by atoms with Crippen molar-refractivity contribution in [2.45, 2.75) is 12.8 Å². The van der Waals surface area contributed by atoms with E-state index in [4.69, 9.17) is 4.74 Å². The number of thioether (sulfide) groups is 1. The molecule has 2 N–H and O–H groups in total. The molecule has 1 aromatic carbocycles. The molecule has 1 amide bonds. The lowest BCUT2D eigenvalue weighted by Crippen LogP contribution is -2.35. The standard InChI is InChI=1S/C14H16BrNO4S/c1-20-11-3-2-9(15)6-10(11)16-12(17)7-14(13(18)19)4-5-21-8-14/h2-3,6H,4-5,7-8H2,1H3,(H,16,17)(H,18,19)/t14-/m1/s1. The zero-order valence-electron chi connectivity index (χ0n) is 11.5. The fourth-order valence-corrected chi connectivity index (χ4v) is 4.07. The number of ether oxygens (including phenoxy) is 1. The smallest absolute Gasteiger partial charge is 0.311 e. The summed E-state index contributed by atoms with van der Waals surface area (Å²) in [7, 11) is 1.52. The lowest BCUT2D eigenvalue weighted by atomic mass is 9.84. The largest absolute Gasteiger partial charge is 0.495 e. The molecule has 0 radical (unpaired) electrons. The van der Waals surface area contributed by atoms with Crippen molar-refractivity contribution in [1.82, 2.24) is 0 Å². The second-order valence-electron chi connectivity index (χ2n) is 4.96. The van der Waals surface area contributed by atoms with Gasteiger partial charge in [0.1, 0.15) is 5.75 Å². The highest BCUT2D eigenvalue weighted by atomic mass is 79.9. The van der Waals surface area contributed by atoms with Crippen molar-refractivity contribution in [3.05, 3.63) is 22.7 Å². The SMILES string of the molecule is COc1ccc(Br)cc1NC(=O)C[C@]1(C(=O)O)CCSC1. The lowest BCUT2D eigenvalue weighted by Gasteiger charge is -2.22. The molecule has 114 valence electrons. The fraction of sp³-hybridized carbons (Fsp3) is 0.429. The molecule has 0 saturated carbocycles. The second-order valence-corrected chi connectivity index (χ2v) is 6.98. The first-order valence-corrected chi connectivity index (χ1v) is 8.36. The molecule has 0 aliphatic carbocycles. The molecule has 7 heteroatoms. The Morgan fingerprint density at radius 3 is 2.86 bits per heavy atom. The molecule has 0 bridgehead atoms. The van der Waals surface area contributed by atoms with Crippen LogP contribution in [-0.4, -0.2) is 35.6 Å². The van der Waals surface area contributed by atoms with E-state index in [0.717, 1.165) is 10.2 Å². The molecule has 0 spiro atoms. The average Bonchev–Trinajstić information content (AvgIpc) is 2.88. The Kier molecular flexibility index (Phi) is 5.16. The fourth-order valence-electron chi connectivity index (χ4n) is 2.27. The Morgan fingerprint density at radius 1 is 1.52 bits per heavy atom. The summed E-state index contributed by atoms with van der Waals surface area (Å²) in [5.41, 5.74) is -0.420. The monoisotopic (exact) mass is 373 g/mol. The molecule has 1 saturated heterocycles. The van der Waals surface area contributed by atoms with E-state index >= 15 is 0 Å². The van der Waals surface area contributed by atoms with Crippen LogP contribution in [0.1, 0.15) is 12.8 Å². The lowest BCUT2D eigenvalue weighted by molar-refractivity contribution is -0.149. The number of aliphatic carboxylic acids is 1. The van der Waals surface area contributed by atoms with Gasteiger partial charge < -0.3 is 15.2 Å². The van der Waals surface area contributed by atoms with Crippen molar-refractivity contribution in [2.75, 3.05) is 23.9 Å².